The molecule has 0 aromatic heterocycles. The van der Waals surface area contributed by atoms with E-state index in [-0.39, 0.29) is 12.4 Å². The van der Waals surface area contributed by atoms with Gasteiger partial charge >= 0.3 is 0 Å². The molecule has 0 saturated heterocycles. The lowest BCUT2D eigenvalue weighted by atomic mass is 10.1. The lowest BCUT2D eigenvalue weighted by molar-refractivity contribution is -0.671. The Morgan fingerprint density at radius 3 is 2.24 bits per heavy atom. The van der Waals surface area contributed by atoms with Crippen LogP contribution in [-0.4, -0.2) is 6.54 Å². The molecule has 98 valence electrons. The van der Waals surface area contributed by atoms with Gasteiger partial charge in [0.1, 0.15) is 6.54 Å². The zero-order valence-corrected chi connectivity index (χ0v) is 11.8. The summed E-state index contributed by atoms with van der Waals surface area (Å²) in [6, 6.07) is 10.7. The fraction of sp³-hybridized carbons (Fsp3) is 0.600. The van der Waals surface area contributed by atoms with Gasteiger partial charge in [0.15, 0.2) is 0 Å². The topological polar surface area (TPSA) is 16.6 Å². The van der Waals surface area contributed by atoms with Crippen LogP contribution in [0.1, 0.15) is 51.0 Å². The minimum absolute atomic E-state index is 0. The summed E-state index contributed by atoms with van der Waals surface area (Å²) in [5.41, 5.74) is 1.44. The average molecular weight is 256 g/mol. The van der Waals surface area contributed by atoms with Gasteiger partial charge in [0.2, 0.25) is 0 Å². The number of rotatable bonds is 9. The number of hydrogen-bond donors (Lipinski definition) is 1. The third-order valence-corrected chi connectivity index (χ3v) is 2.98. The Balaban J connectivity index is 0.00000256. The second-order valence-corrected chi connectivity index (χ2v) is 4.53. The van der Waals surface area contributed by atoms with Gasteiger partial charge in [-0.25, -0.2) is 0 Å². The Morgan fingerprint density at radius 1 is 0.882 bits per heavy atom. The molecule has 0 radical (unpaired) electrons. The second kappa shape index (κ2) is 11.9. The molecule has 2 heteroatoms. The predicted octanol–water partition coefficient (Wildman–Crippen LogP) is 0.115. The third kappa shape index (κ3) is 9.20. The molecular formula is C15H26ClN. The molecule has 0 aliphatic carbocycles. The first-order valence-electron chi connectivity index (χ1n) is 6.79. The van der Waals surface area contributed by atoms with Crippen molar-refractivity contribution in [2.24, 2.45) is 0 Å². The Hall–Kier alpha value is -0.530. The van der Waals surface area contributed by atoms with Gasteiger partial charge in [0.25, 0.3) is 0 Å². The molecule has 0 amide bonds. The van der Waals surface area contributed by atoms with Gasteiger partial charge in [-0.05, 0) is 12.8 Å². The van der Waals surface area contributed by atoms with Crippen LogP contribution in [0.5, 0.6) is 0 Å². The molecule has 0 aliphatic rings. The van der Waals surface area contributed by atoms with Gasteiger partial charge < -0.3 is 17.7 Å². The van der Waals surface area contributed by atoms with Gasteiger partial charge in [-0.3, -0.25) is 0 Å². The van der Waals surface area contributed by atoms with E-state index in [4.69, 9.17) is 0 Å². The smallest absolute Gasteiger partial charge is 0.101 e. The Kier molecular flexibility index (Phi) is 11.6. The van der Waals surface area contributed by atoms with Crippen molar-refractivity contribution < 1.29 is 17.7 Å². The maximum absolute atomic E-state index is 2.43. The summed E-state index contributed by atoms with van der Waals surface area (Å²) >= 11 is 0. The van der Waals surface area contributed by atoms with Crippen molar-refractivity contribution in [3.63, 3.8) is 0 Å². The Morgan fingerprint density at radius 2 is 1.53 bits per heavy atom. The number of halogens is 1. The van der Waals surface area contributed by atoms with Crippen LogP contribution in [0.3, 0.4) is 0 Å². The molecule has 0 bridgehead atoms. The summed E-state index contributed by atoms with van der Waals surface area (Å²) in [5.74, 6) is 0. The fourth-order valence-electron chi connectivity index (χ4n) is 1.95. The molecule has 17 heavy (non-hydrogen) atoms. The number of nitrogens with two attached hydrogens (primary N) is 1. The van der Waals surface area contributed by atoms with Crippen LogP contribution in [-0.2, 0) is 6.54 Å². The van der Waals surface area contributed by atoms with Crippen LogP contribution >= 0.6 is 0 Å². The standard InChI is InChI=1S/C15H25N.ClH/c1-2-3-4-5-6-10-13-16-14-15-11-8-7-9-12-15;/h7-9,11-12,16H,2-6,10,13-14H2,1H3;1H. The highest BCUT2D eigenvalue weighted by molar-refractivity contribution is 5.12. The maximum Gasteiger partial charge on any atom is 0.101 e. The SMILES string of the molecule is CCCCCCCC[NH2+]Cc1ccccc1.[Cl-]. The third-order valence-electron chi connectivity index (χ3n) is 2.98. The predicted molar refractivity (Wildman–Crippen MR) is 70.3 cm³/mol. The number of quaternary nitrogens is 1. The summed E-state index contributed by atoms with van der Waals surface area (Å²) < 4.78 is 0. The van der Waals surface area contributed by atoms with Crippen molar-refractivity contribution in [1.29, 1.82) is 0 Å². The number of unbranched alkanes of at least 4 members (excludes halogenated alkanes) is 5. The molecule has 0 fully saturated rings. The summed E-state index contributed by atoms with van der Waals surface area (Å²) in [6.07, 6.45) is 8.39. The normalized spacial score (nSPS) is 9.94. The van der Waals surface area contributed by atoms with E-state index in [0.29, 0.717) is 0 Å². The van der Waals surface area contributed by atoms with Crippen molar-refractivity contribution in [1.82, 2.24) is 0 Å². The van der Waals surface area contributed by atoms with Crippen LogP contribution in [0.15, 0.2) is 30.3 Å². The zero-order chi connectivity index (χ0) is 11.5. The minimum Gasteiger partial charge on any atom is -1.00 e. The minimum atomic E-state index is 0. The van der Waals surface area contributed by atoms with E-state index in [1.807, 2.05) is 0 Å². The molecule has 2 N–H and O–H groups in total. The van der Waals surface area contributed by atoms with Crippen molar-refractivity contribution in [2.45, 2.75) is 52.0 Å². The second-order valence-electron chi connectivity index (χ2n) is 4.53. The van der Waals surface area contributed by atoms with E-state index in [0.717, 1.165) is 6.54 Å². The van der Waals surface area contributed by atoms with E-state index < -0.39 is 0 Å². The number of hydrogen-bond acceptors (Lipinski definition) is 0. The molecule has 1 rings (SSSR count). The van der Waals surface area contributed by atoms with Crippen molar-refractivity contribution >= 4 is 0 Å². The lowest BCUT2D eigenvalue weighted by Gasteiger charge is -2.02. The summed E-state index contributed by atoms with van der Waals surface area (Å²) in [6.45, 7) is 4.68. The Bertz CT molecular complexity index is 248. The first-order chi connectivity index (χ1) is 7.93. The molecule has 1 nitrogen and oxygen atoms in total. The summed E-state index contributed by atoms with van der Waals surface area (Å²) in [7, 11) is 0. The highest BCUT2D eigenvalue weighted by Gasteiger charge is 1.94. The van der Waals surface area contributed by atoms with E-state index in [9.17, 15) is 0 Å². The van der Waals surface area contributed by atoms with Crippen molar-refractivity contribution in [3.05, 3.63) is 35.9 Å². The molecule has 1 aromatic carbocycles. The molecule has 0 atom stereocenters. The highest BCUT2D eigenvalue weighted by atomic mass is 35.5. The van der Waals surface area contributed by atoms with E-state index in [1.54, 1.807) is 0 Å². The van der Waals surface area contributed by atoms with Gasteiger partial charge in [0, 0.05) is 5.56 Å². The van der Waals surface area contributed by atoms with E-state index in [2.05, 4.69) is 42.6 Å². The van der Waals surface area contributed by atoms with Crippen LogP contribution in [0.2, 0.25) is 0 Å². The van der Waals surface area contributed by atoms with Crippen molar-refractivity contribution in [3.8, 4) is 0 Å². The zero-order valence-electron chi connectivity index (χ0n) is 11.0. The van der Waals surface area contributed by atoms with Gasteiger partial charge in [-0.2, -0.15) is 0 Å². The van der Waals surface area contributed by atoms with Gasteiger partial charge in [0.05, 0.1) is 6.54 Å². The van der Waals surface area contributed by atoms with Crippen molar-refractivity contribution in [2.75, 3.05) is 6.54 Å². The first kappa shape index (κ1) is 16.5. The first-order valence-corrected chi connectivity index (χ1v) is 6.79. The lowest BCUT2D eigenvalue weighted by Crippen LogP contribution is -3.00. The Labute approximate surface area is 112 Å². The number of benzene rings is 1. The van der Waals surface area contributed by atoms with E-state index >= 15 is 0 Å². The van der Waals surface area contributed by atoms with Crippen LogP contribution in [0, 0.1) is 0 Å². The van der Waals surface area contributed by atoms with E-state index in [1.165, 1.54) is 50.6 Å². The van der Waals surface area contributed by atoms with Crippen LogP contribution in [0.4, 0.5) is 0 Å². The monoisotopic (exact) mass is 255 g/mol. The van der Waals surface area contributed by atoms with Crippen LogP contribution in [0.25, 0.3) is 0 Å². The van der Waals surface area contributed by atoms with Crippen LogP contribution < -0.4 is 17.7 Å². The average Bonchev–Trinajstić information content (AvgIpc) is 2.34. The molecule has 0 spiro atoms. The molecular weight excluding hydrogens is 230 g/mol. The molecule has 1 aromatic rings. The molecule has 0 unspecified atom stereocenters. The highest BCUT2D eigenvalue weighted by Crippen LogP contribution is 2.03. The summed E-state index contributed by atoms with van der Waals surface area (Å²) in [5, 5.41) is 2.43. The molecule has 0 aliphatic heterocycles. The molecule has 0 heterocycles. The largest absolute Gasteiger partial charge is 1.00 e. The quantitative estimate of drug-likeness (QED) is 0.604. The molecule has 0 saturated carbocycles. The fourth-order valence-corrected chi connectivity index (χ4v) is 1.95. The summed E-state index contributed by atoms with van der Waals surface area (Å²) in [4.78, 5) is 0. The maximum atomic E-state index is 2.43. The van der Waals surface area contributed by atoms with Gasteiger partial charge in [-0.1, -0.05) is 62.9 Å². The van der Waals surface area contributed by atoms with Gasteiger partial charge in [-0.15, -0.1) is 0 Å².